The minimum Gasteiger partial charge on any atom is -0.375 e. The molecule has 7 aromatic rings. The number of hydrogen-bond donors (Lipinski definition) is 4. The van der Waals surface area contributed by atoms with Crippen LogP contribution in [-0.2, 0) is 4.79 Å². The molecule has 0 spiro atoms. The zero-order valence-corrected chi connectivity index (χ0v) is 30.0. The minimum atomic E-state index is -0.165. The number of nitrogens with one attached hydrogen (secondary N) is 3. The Balaban J connectivity index is 0.000000145. The molecule has 0 aromatic carbocycles. The molecule has 0 saturated carbocycles. The summed E-state index contributed by atoms with van der Waals surface area (Å²) in [6.07, 6.45) is 10.8. The topological polar surface area (TPSA) is 159 Å². The average Bonchev–Trinajstić information content (AvgIpc) is 3.83. The van der Waals surface area contributed by atoms with Crippen molar-refractivity contribution in [2.75, 3.05) is 5.73 Å². The number of nitrogens with two attached hydrogens (primary N) is 1. The summed E-state index contributed by atoms with van der Waals surface area (Å²) in [5.74, 6) is 0.0734. The van der Waals surface area contributed by atoms with Crippen molar-refractivity contribution < 1.29 is 9.59 Å². The Bertz CT molecular complexity index is 2000. The van der Waals surface area contributed by atoms with Crippen LogP contribution in [0.2, 0.25) is 0 Å². The number of halogens is 3. The van der Waals surface area contributed by atoms with E-state index in [4.69, 9.17) is 5.73 Å². The maximum absolute atomic E-state index is 11.7. The third-order valence-electron chi connectivity index (χ3n) is 6.23. The molecule has 0 aliphatic rings. The number of nitrogens with zero attached hydrogens (tertiary/aromatic N) is 4. The highest BCUT2D eigenvalue weighted by atomic mass is 79.9. The summed E-state index contributed by atoms with van der Waals surface area (Å²) in [6, 6.07) is 13.6. The molecule has 0 bridgehead atoms. The molecule has 0 radical (unpaired) electrons. The van der Waals surface area contributed by atoms with Gasteiger partial charge in [0, 0.05) is 69.3 Å². The second-order valence-electron chi connectivity index (χ2n) is 9.48. The molecular formula is C31H29Br3N8O2S. The van der Waals surface area contributed by atoms with Crippen molar-refractivity contribution >= 4 is 108 Å². The van der Waals surface area contributed by atoms with Gasteiger partial charge in [0.1, 0.15) is 16.9 Å². The summed E-state index contributed by atoms with van der Waals surface area (Å²) < 4.78 is -0.0116. The van der Waals surface area contributed by atoms with E-state index >= 15 is 0 Å². The van der Waals surface area contributed by atoms with Gasteiger partial charge in [-0.2, -0.15) is 0 Å². The summed E-state index contributed by atoms with van der Waals surface area (Å²) in [5, 5.41) is 3.72. The maximum atomic E-state index is 11.7. The van der Waals surface area contributed by atoms with E-state index < -0.39 is 0 Å². The Kier molecular flexibility index (Phi) is 12.2. The maximum Gasteiger partial charge on any atom is 0.211 e. The normalized spacial score (nSPS) is 11.9. The van der Waals surface area contributed by atoms with Gasteiger partial charge in [0.05, 0.1) is 15.3 Å². The van der Waals surface area contributed by atoms with Gasteiger partial charge < -0.3 is 20.7 Å². The first-order valence-electron chi connectivity index (χ1n) is 13.5. The van der Waals surface area contributed by atoms with Crippen molar-refractivity contribution in [2.24, 2.45) is 0 Å². The van der Waals surface area contributed by atoms with Gasteiger partial charge in [-0.3, -0.25) is 9.59 Å². The minimum absolute atomic E-state index is 0.0116. The van der Waals surface area contributed by atoms with E-state index in [9.17, 15) is 9.59 Å². The summed E-state index contributed by atoms with van der Waals surface area (Å²) >= 11 is 10.6. The lowest BCUT2D eigenvalue weighted by molar-refractivity contribution is -0.109. The molecule has 0 fully saturated rings. The number of aryl methyl sites for hydroxylation is 1. The Morgan fingerprint density at radius 1 is 0.822 bits per heavy atom. The quantitative estimate of drug-likeness (QED) is 0.0790. The number of anilines is 1. The van der Waals surface area contributed by atoms with Crippen LogP contribution in [0.5, 0.6) is 0 Å². The molecule has 232 valence electrons. The Morgan fingerprint density at radius 2 is 1.40 bits per heavy atom. The molecule has 0 aliphatic heterocycles. The molecule has 7 heterocycles. The second kappa shape index (κ2) is 16.0. The number of carbonyl (C=O) groups excluding carboxylic acids is 2. The van der Waals surface area contributed by atoms with Crippen molar-refractivity contribution in [3.8, 4) is 11.3 Å². The van der Waals surface area contributed by atoms with Gasteiger partial charge in [0.25, 0.3) is 0 Å². The number of hydrogen-bond acceptors (Lipinski definition) is 8. The summed E-state index contributed by atoms with van der Waals surface area (Å²) in [6.45, 7) is 5.60. The molecule has 14 heteroatoms. The van der Waals surface area contributed by atoms with E-state index in [1.165, 1.54) is 11.3 Å². The smallest absolute Gasteiger partial charge is 0.211 e. The summed E-state index contributed by atoms with van der Waals surface area (Å²) in [7, 11) is 0. The lowest BCUT2D eigenvalue weighted by Gasteiger charge is -1.99. The van der Waals surface area contributed by atoms with Gasteiger partial charge in [-0.25, -0.2) is 19.9 Å². The molecule has 45 heavy (non-hydrogen) atoms. The number of alkyl halides is 2. The van der Waals surface area contributed by atoms with Crippen molar-refractivity contribution in [1.82, 2.24) is 34.9 Å². The van der Waals surface area contributed by atoms with E-state index in [-0.39, 0.29) is 20.1 Å². The number of nitrogen functional groups attached to an aromatic ring is 1. The Morgan fingerprint density at radius 3 is 1.98 bits per heavy atom. The van der Waals surface area contributed by atoms with Crippen LogP contribution < -0.4 is 5.73 Å². The van der Waals surface area contributed by atoms with Crippen LogP contribution in [0.3, 0.4) is 0 Å². The molecule has 5 N–H and O–H groups in total. The van der Waals surface area contributed by atoms with Crippen molar-refractivity contribution in [3.63, 3.8) is 0 Å². The first-order valence-corrected chi connectivity index (χ1v) is 17.0. The van der Waals surface area contributed by atoms with Gasteiger partial charge in [-0.1, -0.05) is 31.9 Å². The van der Waals surface area contributed by atoms with Crippen LogP contribution in [-0.4, -0.2) is 55.0 Å². The molecule has 7 rings (SSSR count). The van der Waals surface area contributed by atoms with Crippen LogP contribution in [0.4, 0.5) is 5.13 Å². The van der Waals surface area contributed by atoms with Crippen LogP contribution >= 0.6 is 59.1 Å². The second-order valence-corrected chi connectivity index (χ2v) is 14.2. The third kappa shape index (κ3) is 8.93. The van der Waals surface area contributed by atoms with Crippen molar-refractivity contribution in [1.29, 1.82) is 0 Å². The number of fused-ring (bicyclic) bond motifs is 3. The number of pyridine rings is 3. The zero-order chi connectivity index (χ0) is 32.5. The highest BCUT2D eigenvalue weighted by molar-refractivity contribution is 9.20. The van der Waals surface area contributed by atoms with Crippen LogP contribution in [0.15, 0.2) is 79.6 Å². The largest absolute Gasteiger partial charge is 0.375 e. The molecule has 7 aromatic heterocycles. The first kappa shape index (κ1) is 34.2. The van der Waals surface area contributed by atoms with Gasteiger partial charge >= 0.3 is 0 Å². The number of H-pyrrole nitrogens is 3. The van der Waals surface area contributed by atoms with Crippen LogP contribution in [0, 0.1) is 6.92 Å². The van der Waals surface area contributed by atoms with E-state index in [1.807, 2.05) is 68.7 Å². The highest BCUT2D eigenvalue weighted by Gasteiger charge is 2.16. The highest BCUT2D eigenvalue weighted by Crippen LogP contribution is 2.33. The Labute approximate surface area is 288 Å². The standard InChI is InChI=1S/C11H10N4S.C10H9BrN2O.C7H6N2.C3H4Br2O/c1-6-9(15-11(12)16-6)8-5-14-10-7(8)3-2-4-13-10;1-6(11)9(14)8-5-13-10-7(8)3-2-4-12-10;1-2-6-3-5-9-7(6)8-4-1;1-2(4)3(5)6/h2-5H,1H3,(H2,12,15)(H,13,14);2-6H,1H3,(H,12,13);1-5H,(H,8,9);2H,1H3. The number of carbonyl (C=O) groups is 2. The molecule has 2 atom stereocenters. The van der Waals surface area contributed by atoms with Gasteiger partial charge in [-0.15, -0.1) is 11.3 Å². The van der Waals surface area contributed by atoms with Gasteiger partial charge in [-0.05, 0) is 79.2 Å². The molecular weight excluding hydrogens is 788 g/mol. The van der Waals surface area contributed by atoms with E-state index in [1.54, 1.807) is 31.7 Å². The fourth-order valence-corrected chi connectivity index (χ4v) is 5.03. The molecule has 0 aliphatic carbocycles. The van der Waals surface area contributed by atoms with Crippen molar-refractivity contribution in [3.05, 3.63) is 90.1 Å². The Hall–Kier alpha value is -3.72. The number of ketones is 1. The lowest BCUT2D eigenvalue weighted by atomic mass is 10.1. The van der Waals surface area contributed by atoms with E-state index in [0.29, 0.717) is 10.7 Å². The molecule has 0 amide bonds. The van der Waals surface area contributed by atoms with E-state index in [0.717, 1.165) is 49.2 Å². The third-order valence-corrected chi connectivity index (χ3v) is 9.16. The van der Waals surface area contributed by atoms with Crippen LogP contribution in [0.25, 0.3) is 44.4 Å². The average molecular weight is 817 g/mol. The molecule has 0 saturated heterocycles. The van der Waals surface area contributed by atoms with E-state index in [2.05, 4.69) is 82.7 Å². The zero-order valence-electron chi connectivity index (χ0n) is 24.4. The van der Waals surface area contributed by atoms with Gasteiger partial charge in [0.15, 0.2) is 10.9 Å². The van der Waals surface area contributed by atoms with Gasteiger partial charge in [0.2, 0.25) is 4.69 Å². The van der Waals surface area contributed by atoms with Crippen molar-refractivity contribution in [2.45, 2.75) is 30.4 Å². The number of aromatic nitrogens is 7. The monoisotopic (exact) mass is 814 g/mol. The van der Waals surface area contributed by atoms with Crippen LogP contribution in [0.1, 0.15) is 29.1 Å². The predicted octanol–water partition coefficient (Wildman–Crippen LogP) is 8.36. The first-order chi connectivity index (χ1) is 21.6. The number of Topliss-reactive ketones (excluding diaryl/α,β-unsaturated/α-hetero) is 1. The predicted molar refractivity (Wildman–Crippen MR) is 194 cm³/mol. The number of aromatic amines is 3. The number of rotatable bonds is 4. The number of thiazole rings is 1. The molecule has 10 nitrogen and oxygen atoms in total. The summed E-state index contributed by atoms with van der Waals surface area (Å²) in [4.78, 5) is 48.6. The SMILES string of the molecule is CC(Br)C(=O)Br.CC(Br)C(=O)c1c[nH]c2ncccc12.Cc1sc(N)nc1-c1c[nH]c2ncccc12.c1cnc2[nH]ccc2c1. The fourth-order valence-electron chi connectivity index (χ4n) is 4.08. The lowest BCUT2D eigenvalue weighted by Crippen LogP contribution is -2.08. The summed E-state index contributed by atoms with van der Waals surface area (Å²) in [5.41, 5.74) is 11.0. The molecule has 2 unspecified atom stereocenters. The fraction of sp³-hybridized carbons (Fsp3) is 0.161.